The zero-order chi connectivity index (χ0) is 13.8. The second-order valence-electron chi connectivity index (χ2n) is 5.26. The van der Waals surface area contributed by atoms with E-state index in [9.17, 15) is 8.78 Å². The summed E-state index contributed by atoms with van der Waals surface area (Å²) in [5, 5.41) is 3.15. The molecule has 0 atom stereocenters. The van der Waals surface area contributed by atoms with Crippen molar-refractivity contribution in [3.05, 3.63) is 35.4 Å². The normalized spacial score (nSPS) is 12.2. The van der Waals surface area contributed by atoms with Crippen molar-refractivity contribution in [3.63, 3.8) is 0 Å². The van der Waals surface area contributed by atoms with Gasteiger partial charge in [-0.1, -0.05) is 6.07 Å². The summed E-state index contributed by atoms with van der Waals surface area (Å²) >= 11 is 0. The topological polar surface area (TPSA) is 15.3 Å². The second kappa shape index (κ2) is 6.25. The molecular weight excluding hydrogens is 234 g/mol. The Kier molecular flexibility index (Phi) is 5.23. The molecule has 1 rings (SSSR count). The van der Waals surface area contributed by atoms with Crippen molar-refractivity contribution >= 4 is 0 Å². The average Bonchev–Trinajstić information content (AvgIpc) is 2.30. The molecule has 1 aromatic carbocycles. The fourth-order valence-corrected chi connectivity index (χ4v) is 1.86. The highest BCUT2D eigenvalue weighted by Crippen LogP contribution is 2.13. The predicted octanol–water partition coefficient (Wildman–Crippen LogP) is 2.44. The molecule has 0 aromatic heterocycles. The Balaban J connectivity index is 2.56. The zero-order valence-corrected chi connectivity index (χ0v) is 11.6. The van der Waals surface area contributed by atoms with Crippen LogP contribution in [0.1, 0.15) is 19.4 Å². The van der Waals surface area contributed by atoms with Gasteiger partial charge in [0.15, 0.2) is 11.6 Å². The number of nitrogens with one attached hydrogen (secondary N) is 1. The van der Waals surface area contributed by atoms with Gasteiger partial charge in [0.2, 0.25) is 0 Å². The molecule has 0 aliphatic heterocycles. The molecule has 1 N–H and O–H groups in total. The van der Waals surface area contributed by atoms with E-state index in [1.165, 1.54) is 12.1 Å². The van der Waals surface area contributed by atoms with Crippen LogP contribution >= 0.6 is 0 Å². The minimum absolute atomic E-state index is 0.0350. The largest absolute Gasteiger partial charge is 0.318 e. The summed E-state index contributed by atoms with van der Waals surface area (Å²) in [7, 11) is 3.96. The number of hydrogen-bond acceptors (Lipinski definition) is 2. The van der Waals surface area contributed by atoms with E-state index in [4.69, 9.17) is 0 Å². The Morgan fingerprint density at radius 1 is 1.22 bits per heavy atom. The van der Waals surface area contributed by atoms with Gasteiger partial charge >= 0.3 is 0 Å². The molecule has 0 radical (unpaired) electrons. The summed E-state index contributed by atoms with van der Waals surface area (Å²) in [6.07, 6.45) is 0.709. The summed E-state index contributed by atoms with van der Waals surface area (Å²) in [6, 6.07) is 4.09. The molecule has 0 saturated carbocycles. The summed E-state index contributed by atoms with van der Waals surface area (Å²) in [5.41, 5.74) is 0.855. The van der Waals surface area contributed by atoms with Gasteiger partial charge in [0.25, 0.3) is 0 Å². The zero-order valence-electron chi connectivity index (χ0n) is 11.6. The molecule has 0 spiro atoms. The van der Waals surface area contributed by atoms with Crippen LogP contribution in [0.2, 0.25) is 0 Å². The fourth-order valence-electron chi connectivity index (χ4n) is 1.86. The Hall–Kier alpha value is -1.00. The first-order valence-electron chi connectivity index (χ1n) is 6.16. The smallest absolute Gasteiger partial charge is 0.159 e. The highest BCUT2D eigenvalue weighted by Gasteiger charge is 2.21. The van der Waals surface area contributed by atoms with Crippen molar-refractivity contribution in [2.45, 2.75) is 25.8 Å². The lowest BCUT2D eigenvalue weighted by atomic mass is 10.0. The predicted molar refractivity (Wildman–Crippen MR) is 70.7 cm³/mol. The molecule has 0 bridgehead atoms. The van der Waals surface area contributed by atoms with Gasteiger partial charge in [-0.05, 0) is 52.1 Å². The third-order valence-electron chi connectivity index (χ3n) is 3.36. The van der Waals surface area contributed by atoms with Crippen LogP contribution in [0.15, 0.2) is 18.2 Å². The van der Waals surface area contributed by atoms with Crippen molar-refractivity contribution in [1.29, 1.82) is 0 Å². The van der Waals surface area contributed by atoms with E-state index in [-0.39, 0.29) is 5.54 Å². The first-order chi connectivity index (χ1) is 8.36. The Bertz CT molecular complexity index is 391. The molecule has 0 saturated heterocycles. The molecule has 0 unspecified atom stereocenters. The summed E-state index contributed by atoms with van der Waals surface area (Å²) in [4.78, 5) is 2.21. The first kappa shape index (κ1) is 15.1. The maximum Gasteiger partial charge on any atom is 0.159 e. The van der Waals surface area contributed by atoms with Crippen LogP contribution in [0.25, 0.3) is 0 Å². The molecule has 102 valence electrons. The van der Waals surface area contributed by atoms with Crippen LogP contribution < -0.4 is 5.32 Å². The van der Waals surface area contributed by atoms with Gasteiger partial charge in [0, 0.05) is 18.6 Å². The molecule has 0 aliphatic carbocycles. The fraction of sp³-hybridized carbons (Fsp3) is 0.571. The van der Waals surface area contributed by atoms with Gasteiger partial charge in [-0.15, -0.1) is 0 Å². The van der Waals surface area contributed by atoms with Gasteiger partial charge in [-0.3, -0.25) is 4.90 Å². The number of benzene rings is 1. The monoisotopic (exact) mass is 256 g/mol. The van der Waals surface area contributed by atoms with E-state index in [1.807, 2.05) is 14.1 Å². The van der Waals surface area contributed by atoms with Crippen molar-refractivity contribution in [1.82, 2.24) is 10.2 Å². The van der Waals surface area contributed by atoms with Gasteiger partial charge in [0.1, 0.15) is 0 Å². The minimum Gasteiger partial charge on any atom is -0.318 e. The van der Waals surface area contributed by atoms with E-state index in [1.54, 1.807) is 6.07 Å². The van der Waals surface area contributed by atoms with Crippen molar-refractivity contribution in [2.75, 3.05) is 27.2 Å². The molecular formula is C14H22F2N2. The molecule has 0 heterocycles. The quantitative estimate of drug-likeness (QED) is 0.841. The third-order valence-corrected chi connectivity index (χ3v) is 3.36. The van der Waals surface area contributed by atoms with Gasteiger partial charge < -0.3 is 5.32 Å². The highest BCUT2D eigenvalue weighted by molar-refractivity contribution is 5.18. The number of rotatable bonds is 6. The van der Waals surface area contributed by atoms with Crippen LogP contribution in [0.4, 0.5) is 8.78 Å². The van der Waals surface area contributed by atoms with Crippen LogP contribution in [-0.4, -0.2) is 37.6 Å². The third kappa shape index (κ3) is 4.03. The van der Waals surface area contributed by atoms with Crippen LogP contribution in [-0.2, 0) is 6.42 Å². The van der Waals surface area contributed by atoms with Crippen LogP contribution in [0.3, 0.4) is 0 Å². The summed E-state index contributed by atoms with van der Waals surface area (Å²) in [6.45, 7) is 5.98. The lowest BCUT2D eigenvalue weighted by molar-refractivity contribution is 0.157. The number of halogens is 2. The molecule has 0 aliphatic rings. The van der Waals surface area contributed by atoms with E-state index in [0.29, 0.717) is 6.42 Å². The summed E-state index contributed by atoms with van der Waals surface area (Å²) in [5.74, 6) is -1.56. The maximum absolute atomic E-state index is 13.1. The highest BCUT2D eigenvalue weighted by atomic mass is 19.2. The Morgan fingerprint density at radius 3 is 2.44 bits per heavy atom. The van der Waals surface area contributed by atoms with Crippen LogP contribution in [0, 0.1) is 11.6 Å². The Labute approximate surface area is 108 Å². The van der Waals surface area contributed by atoms with E-state index in [2.05, 4.69) is 24.1 Å². The molecule has 18 heavy (non-hydrogen) atoms. The van der Waals surface area contributed by atoms with Crippen molar-refractivity contribution in [2.24, 2.45) is 0 Å². The van der Waals surface area contributed by atoms with Gasteiger partial charge in [-0.2, -0.15) is 0 Å². The first-order valence-corrected chi connectivity index (χ1v) is 6.16. The number of hydrogen-bond donors (Lipinski definition) is 1. The SMILES string of the molecule is CNCC(C)(C)N(C)CCc1ccc(F)c(F)c1. The van der Waals surface area contributed by atoms with E-state index < -0.39 is 11.6 Å². The van der Waals surface area contributed by atoms with Gasteiger partial charge in [-0.25, -0.2) is 8.78 Å². The van der Waals surface area contributed by atoms with Crippen molar-refractivity contribution in [3.8, 4) is 0 Å². The average molecular weight is 256 g/mol. The van der Waals surface area contributed by atoms with Crippen molar-refractivity contribution < 1.29 is 8.78 Å². The lowest BCUT2D eigenvalue weighted by Crippen LogP contribution is -2.48. The molecule has 2 nitrogen and oxygen atoms in total. The maximum atomic E-state index is 13.1. The number of likely N-dealkylation sites (N-methyl/N-ethyl adjacent to an activating group) is 2. The van der Waals surface area contributed by atoms with E-state index >= 15 is 0 Å². The van der Waals surface area contributed by atoms with E-state index in [0.717, 1.165) is 18.7 Å². The summed E-state index contributed by atoms with van der Waals surface area (Å²) < 4.78 is 25.9. The van der Waals surface area contributed by atoms with Crippen LogP contribution in [0.5, 0.6) is 0 Å². The molecule has 1 aromatic rings. The molecule has 4 heteroatoms. The Morgan fingerprint density at radius 2 is 1.89 bits per heavy atom. The molecule has 0 fully saturated rings. The second-order valence-corrected chi connectivity index (χ2v) is 5.26. The molecule has 0 amide bonds. The number of nitrogens with zero attached hydrogens (tertiary/aromatic N) is 1. The standard InChI is InChI=1S/C14H22F2N2/c1-14(2,10-17-3)18(4)8-7-11-5-6-12(15)13(16)9-11/h5-6,9,17H,7-8,10H2,1-4H3. The van der Waals surface area contributed by atoms with Gasteiger partial charge in [0.05, 0.1) is 0 Å². The lowest BCUT2D eigenvalue weighted by Gasteiger charge is -2.35. The minimum atomic E-state index is -0.789.